The van der Waals surface area contributed by atoms with E-state index in [-0.39, 0.29) is 23.1 Å². The number of ether oxygens (including phenoxy) is 1. The van der Waals surface area contributed by atoms with Gasteiger partial charge in [0.25, 0.3) is 5.56 Å². The topological polar surface area (TPSA) is 86.2 Å². The standard InChI is InChI=1S/C16H21N3O3/c1-10-9-19(6-7-22-10)15(20)5-4-13-11(2)14(8-17)16(21)18-12(13)3/h10H,4-7,9H2,1-3H3,(H,18,21)/t10-/m0/s1. The van der Waals surface area contributed by atoms with Crippen molar-refractivity contribution in [2.75, 3.05) is 19.7 Å². The predicted octanol–water partition coefficient (Wildman–Crippen LogP) is 1.04. The summed E-state index contributed by atoms with van der Waals surface area (Å²) in [4.78, 5) is 28.5. The normalized spacial score (nSPS) is 18.1. The smallest absolute Gasteiger partial charge is 0.266 e. The third kappa shape index (κ3) is 3.37. The van der Waals surface area contributed by atoms with Crippen LogP contribution in [0, 0.1) is 25.2 Å². The van der Waals surface area contributed by atoms with Crippen molar-refractivity contribution < 1.29 is 9.53 Å². The van der Waals surface area contributed by atoms with Crippen LogP contribution in [0.4, 0.5) is 0 Å². The zero-order valence-corrected chi connectivity index (χ0v) is 13.2. The molecule has 2 heterocycles. The number of aromatic nitrogens is 1. The lowest BCUT2D eigenvalue weighted by Crippen LogP contribution is -2.44. The van der Waals surface area contributed by atoms with Crippen LogP contribution in [0.5, 0.6) is 0 Å². The van der Waals surface area contributed by atoms with Crippen molar-refractivity contribution in [1.29, 1.82) is 5.26 Å². The largest absolute Gasteiger partial charge is 0.375 e. The molecule has 1 amide bonds. The minimum Gasteiger partial charge on any atom is -0.375 e. The van der Waals surface area contributed by atoms with Crippen LogP contribution in [0.2, 0.25) is 0 Å². The van der Waals surface area contributed by atoms with Crippen molar-refractivity contribution in [1.82, 2.24) is 9.88 Å². The molecule has 1 atom stereocenters. The Morgan fingerprint density at radius 2 is 2.23 bits per heavy atom. The van der Waals surface area contributed by atoms with Crippen LogP contribution in [0.3, 0.4) is 0 Å². The number of nitrogens with zero attached hydrogens (tertiary/aromatic N) is 2. The van der Waals surface area contributed by atoms with Gasteiger partial charge in [-0.2, -0.15) is 5.26 Å². The summed E-state index contributed by atoms with van der Waals surface area (Å²) in [5, 5.41) is 9.07. The molecule has 0 bridgehead atoms. The van der Waals surface area contributed by atoms with Crippen molar-refractivity contribution in [2.45, 2.75) is 39.7 Å². The zero-order chi connectivity index (χ0) is 16.3. The van der Waals surface area contributed by atoms with Crippen LogP contribution < -0.4 is 5.56 Å². The number of aryl methyl sites for hydroxylation is 1. The number of H-pyrrole nitrogens is 1. The van der Waals surface area contributed by atoms with Crippen LogP contribution in [-0.2, 0) is 16.0 Å². The van der Waals surface area contributed by atoms with E-state index in [1.165, 1.54) is 0 Å². The minimum atomic E-state index is -0.366. The number of amides is 1. The Kier molecular flexibility index (Phi) is 4.99. The van der Waals surface area contributed by atoms with E-state index in [0.717, 1.165) is 11.3 Å². The maximum atomic E-state index is 12.3. The first-order valence-electron chi connectivity index (χ1n) is 7.46. The monoisotopic (exact) mass is 303 g/mol. The Hall–Kier alpha value is -2.13. The fraction of sp³-hybridized carbons (Fsp3) is 0.562. The molecule has 0 spiro atoms. The first kappa shape index (κ1) is 16.2. The predicted molar refractivity (Wildman–Crippen MR) is 81.6 cm³/mol. The van der Waals surface area contributed by atoms with Crippen molar-refractivity contribution in [3.63, 3.8) is 0 Å². The van der Waals surface area contributed by atoms with E-state index < -0.39 is 0 Å². The SMILES string of the molecule is Cc1[nH]c(=O)c(C#N)c(C)c1CCC(=O)N1CCO[C@@H](C)C1. The third-order valence-electron chi connectivity index (χ3n) is 4.10. The molecule has 1 aliphatic heterocycles. The lowest BCUT2D eigenvalue weighted by molar-refractivity contribution is -0.138. The summed E-state index contributed by atoms with van der Waals surface area (Å²) in [7, 11) is 0. The molecule has 1 aromatic rings. The van der Waals surface area contributed by atoms with Crippen molar-refractivity contribution in [2.24, 2.45) is 0 Å². The number of carbonyl (C=O) groups is 1. The van der Waals surface area contributed by atoms with E-state index in [0.29, 0.717) is 38.1 Å². The van der Waals surface area contributed by atoms with E-state index in [1.54, 1.807) is 13.8 Å². The molecule has 1 aromatic heterocycles. The van der Waals surface area contributed by atoms with Crippen molar-refractivity contribution >= 4 is 5.91 Å². The molecular weight excluding hydrogens is 282 g/mol. The molecule has 118 valence electrons. The second kappa shape index (κ2) is 6.75. The zero-order valence-electron chi connectivity index (χ0n) is 13.2. The highest BCUT2D eigenvalue weighted by molar-refractivity contribution is 5.76. The first-order chi connectivity index (χ1) is 10.4. The molecule has 1 aliphatic rings. The molecular formula is C16H21N3O3. The molecule has 2 rings (SSSR count). The highest BCUT2D eigenvalue weighted by atomic mass is 16.5. The fourth-order valence-electron chi connectivity index (χ4n) is 2.86. The number of nitriles is 1. The lowest BCUT2D eigenvalue weighted by Gasteiger charge is -2.31. The molecule has 1 saturated heterocycles. The van der Waals surface area contributed by atoms with Crippen LogP contribution in [0.1, 0.15) is 35.7 Å². The summed E-state index contributed by atoms with van der Waals surface area (Å²) in [6.45, 7) is 7.32. The molecule has 0 radical (unpaired) electrons. The second-order valence-corrected chi connectivity index (χ2v) is 5.69. The van der Waals surface area contributed by atoms with Crippen LogP contribution in [0.25, 0.3) is 0 Å². The van der Waals surface area contributed by atoms with Gasteiger partial charge in [0.2, 0.25) is 5.91 Å². The molecule has 0 aromatic carbocycles. The maximum Gasteiger partial charge on any atom is 0.266 e. The Morgan fingerprint density at radius 1 is 1.50 bits per heavy atom. The quantitative estimate of drug-likeness (QED) is 0.904. The summed E-state index contributed by atoms with van der Waals surface area (Å²) < 4.78 is 5.43. The van der Waals surface area contributed by atoms with Crippen molar-refractivity contribution in [3.05, 3.63) is 32.7 Å². The average Bonchev–Trinajstić information content (AvgIpc) is 2.46. The number of morpholine rings is 1. The number of rotatable bonds is 3. The van der Waals surface area contributed by atoms with E-state index in [4.69, 9.17) is 10.00 Å². The minimum absolute atomic E-state index is 0.0689. The fourth-order valence-corrected chi connectivity index (χ4v) is 2.86. The molecule has 6 nitrogen and oxygen atoms in total. The summed E-state index contributed by atoms with van der Waals surface area (Å²) in [5.41, 5.74) is 2.05. The Bertz CT molecular complexity index is 672. The molecule has 0 saturated carbocycles. The van der Waals surface area contributed by atoms with E-state index in [1.807, 2.05) is 17.9 Å². The van der Waals surface area contributed by atoms with Gasteiger partial charge in [-0.3, -0.25) is 9.59 Å². The Morgan fingerprint density at radius 3 is 2.86 bits per heavy atom. The van der Waals surface area contributed by atoms with E-state index in [2.05, 4.69) is 4.98 Å². The molecule has 22 heavy (non-hydrogen) atoms. The molecule has 0 aliphatic carbocycles. The second-order valence-electron chi connectivity index (χ2n) is 5.69. The average molecular weight is 303 g/mol. The summed E-state index contributed by atoms with van der Waals surface area (Å²) in [6.07, 6.45) is 0.957. The third-order valence-corrected chi connectivity index (χ3v) is 4.10. The highest BCUT2D eigenvalue weighted by Gasteiger charge is 2.22. The van der Waals surface area contributed by atoms with Crippen LogP contribution in [-0.4, -0.2) is 41.6 Å². The summed E-state index contributed by atoms with van der Waals surface area (Å²) in [6, 6.07) is 1.93. The van der Waals surface area contributed by atoms with E-state index in [9.17, 15) is 9.59 Å². The van der Waals surface area contributed by atoms with Gasteiger partial charge < -0.3 is 14.6 Å². The molecule has 0 unspecified atom stereocenters. The van der Waals surface area contributed by atoms with Gasteiger partial charge in [0, 0.05) is 25.2 Å². The summed E-state index contributed by atoms with van der Waals surface area (Å²) in [5.74, 6) is 0.0821. The molecule has 1 N–H and O–H groups in total. The number of hydrogen-bond donors (Lipinski definition) is 1. The highest BCUT2D eigenvalue weighted by Crippen LogP contribution is 2.16. The van der Waals surface area contributed by atoms with Gasteiger partial charge in [-0.15, -0.1) is 0 Å². The Labute approximate surface area is 129 Å². The lowest BCUT2D eigenvalue weighted by atomic mass is 9.99. The van der Waals surface area contributed by atoms with Crippen LogP contribution >= 0.6 is 0 Å². The number of aromatic amines is 1. The number of nitrogens with one attached hydrogen (secondary N) is 1. The van der Waals surface area contributed by atoms with E-state index >= 15 is 0 Å². The van der Waals surface area contributed by atoms with Crippen molar-refractivity contribution in [3.8, 4) is 6.07 Å². The molecule has 1 fully saturated rings. The van der Waals surface area contributed by atoms with Gasteiger partial charge in [-0.05, 0) is 38.3 Å². The molecule has 6 heteroatoms. The first-order valence-corrected chi connectivity index (χ1v) is 7.46. The van der Waals surface area contributed by atoms with Gasteiger partial charge in [0.1, 0.15) is 11.6 Å². The Balaban J connectivity index is 2.10. The number of pyridine rings is 1. The summed E-state index contributed by atoms with van der Waals surface area (Å²) >= 11 is 0. The van der Waals surface area contributed by atoms with Gasteiger partial charge in [-0.25, -0.2) is 0 Å². The van der Waals surface area contributed by atoms with Gasteiger partial charge in [-0.1, -0.05) is 0 Å². The van der Waals surface area contributed by atoms with Gasteiger partial charge in [0.05, 0.1) is 12.7 Å². The number of carbonyl (C=O) groups excluding carboxylic acids is 1. The maximum absolute atomic E-state index is 12.3. The van der Waals surface area contributed by atoms with Crippen LogP contribution in [0.15, 0.2) is 4.79 Å². The van der Waals surface area contributed by atoms with Gasteiger partial charge in [0.15, 0.2) is 0 Å². The number of hydrogen-bond acceptors (Lipinski definition) is 4. The van der Waals surface area contributed by atoms with Gasteiger partial charge >= 0.3 is 0 Å².